The Balaban J connectivity index is 1.73. The maximum Gasteiger partial charge on any atom is 0.261 e. The predicted molar refractivity (Wildman–Crippen MR) is 127 cm³/mol. The van der Waals surface area contributed by atoms with Crippen molar-refractivity contribution in [2.75, 3.05) is 11.1 Å². The van der Waals surface area contributed by atoms with Gasteiger partial charge in [0.05, 0.1) is 15.9 Å². The highest BCUT2D eigenvalue weighted by Gasteiger charge is 2.25. The number of halogens is 1. The number of rotatable bonds is 4. The standard InChI is InChI=1S/C23H17FN6O3S/c24-13-4-3-5-14(12-13)27-23(31)19-20-22(29-18-7-2-1-6-17(18)28-20)30(21(19)25)15-8-10-16(11-9-15)34(26,32)33/h1-12H,25H2,(H,27,31)(H2,26,32,33). The number of nitrogens with zero attached hydrogens (tertiary/aromatic N) is 3. The summed E-state index contributed by atoms with van der Waals surface area (Å²) in [6.07, 6.45) is 0. The maximum atomic E-state index is 13.6. The van der Waals surface area contributed by atoms with E-state index in [-0.39, 0.29) is 27.5 Å². The molecule has 34 heavy (non-hydrogen) atoms. The second-order valence-electron chi connectivity index (χ2n) is 7.48. The molecule has 0 aliphatic rings. The number of carbonyl (C=O) groups excluding carboxylic acids is 1. The first-order valence-electron chi connectivity index (χ1n) is 9.99. The number of benzene rings is 3. The van der Waals surface area contributed by atoms with Crippen LogP contribution in [0.25, 0.3) is 27.9 Å². The summed E-state index contributed by atoms with van der Waals surface area (Å²) in [6.45, 7) is 0. The molecule has 0 aliphatic heterocycles. The molecule has 2 heterocycles. The van der Waals surface area contributed by atoms with E-state index in [4.69, 9.17) is 10.9 Å². The number of aromatic nitrogens is 3. The molecule has 0 aliphatic carbocycles. The molecule has 3 aromatic carbocycles. The predicted octanol–water partition coefficient (Wildman–Crippen LogP) is 3.19. The summed E-state index contributed by atoms with van der Waals surface area (Å²) >= 11 is 0. The van der Waals surface area contributed by atoms with Crippen molar-refractivity contribution in [3.63, 3.8) is 0 Å². The van der Waals surface area contributed by atoms with Crippen LogP contribution in [0.1, 0.15) is 10.4 Å². The van der Waals surface area contributed by atoms with Gasteiger partial charge in [0, 0.05) is 11.4 Å². The molecule has 5 N–H and O–H groups in total. The summed E-state index contributed by atoms with van der Waals surface area (Å²) in [5.41, 5.74) is 8.83. The molecule has 0 atom stereocenters. The van der Waals surface area contributed by atoms with Gasteiger partial charge in [0.15, 0.2) is 5.65 Å². The Morgan fingerprint density at radius 1 is 0.941 bits per heavy atom. The molecule has 170 valence electrons. The van der Waals surface area contributed by atoms with Crippen molar-refractivity contribution in [1.29, 1.82) is 0 Å². The van der Waals surface area contributed by atoms with Crippen molar-refractivity contribution in [3.8, 4) is 5.69 Å². The van der Waals surface area contributed by atoms with Gasteiger partial charge in [-0.15, -0.1) is 0 Å². The van der Waals surface area contributed by atoms with Crippen LogP contribution in [0.15, 0.2) is 77.7 Å². The highest BCUT2D eigenvalue weighted by molar-refractivity contribution is 7.89. The normalized spacial score (nSPS) is 11.7. The molecule has 11 heteroatoms. The Morgan fingerprint density at radius 2 is 1.62 bits per heavy atom. The van der Waals surface area contributed by atoms with E-state index in [1.165, 1.54) is 47.0 Å². The van der Waals surface area contributed by atoms with E-state index in [1.807, 2.05) is 0 Å². The number of nitrogens with one attached hydrogen (secondary N) is 1. The molecule has 0 unspecified atom stereocenters. The summed E-state index contributed by atoms with van der Waals surface area (Å²) in [5, 5.41) is 7.83. The molecule has 0 saturated heterocycles. The van der Waals surface area contributed by atoms with E-state index in [9.17, 15) is 17.6 Å². The number of nitrogens with two attached hydrogens (primary N) is 2. The number of nitrogen functional groups attached to an aromatic ring is 1. The molecular weight excluding hydrogens is 459 g/mol. The second kappa shape index (κ2) is 7.90. The number of fused-ring (bicyclic) bond motifs is 2. The molecule has 9 nitrogen and oxygen atoms in total. The highest BCUT2D eigenvalue weighted by Crippen LogP contribution is 2.32. The van der Waals surface area contributed by atoms with Crippen molar-refractivity contribution in [3.05, 3.63) is 84.2 Å². The van der Waals surface area contributed by atoms with Crippen LogP contribution in [-0.4, -0.2) is 28.9 Å². The lowest BCUT2D eigenvalue weighted by atomic mass is 10.2. The Kier molecular flexibility index (Phi) is 5.00. The van der Waals surface area contributed by atoms with Crippen LogP contribution in [0.5, 0.6) is 0 Å². The Morgan fingerprint density at radius 3 is 2.26 bits per heavy atom. The van der Waals surface area contributed by atoms with E-state index in [2.05, 4.69) is 15.3 Å². The van der Waals surface area contributed by atoms with Crippen LogP contribution < -0.4 is 16.2 Å². The number of carbonyl (C=O) groups is 1. The van der Waals surface area contributed by atoms with Crippen molar-refractivity contribution >= 4 is 49.6 Å². The number of hydrogen-bond donors (Lipinski definition) is 3. The van der Waals surface area contributed by atoms with Gasteiger partial charge in [-0.3, -0.25) is 9.36 Å². The Labute approximate surface area is 192 Å². The van der Waals surface area contributed by atoms with Crippen LogP contribution >= 0.6 is 0 Å². The highest BCUT2D eigenvalue weighted by atomic mass is 32.2. The third kappa shape index (κ3) is 3.72. The van der Waals surface area contributed by atoms with E-state index >= 15 is 0 Å². The first kappa shape index (κ1) is 21.5. The van der Waals surface area contributed by atoms with Gasteiger partial charge in [0.1, 0.15) is 22.7 Å². The van der Waals surface area contributed by atoms with Crippen molar-refractivity contribution in [2.45, 2.75) is 4.90 Å². The SMILES string of the molecule is Nc1c(C(=O)Nc2cccc(F)c2)c2nc3ccccc3nc2n1-c1ccc(S(N)(=O)=O)cc1. The van der Waals surface area contributed by atoms with Gasteiger partial charge in [-0.05, 0) is 54.6 Å². The molecule has 5 aromatic rings. The number of para-hydroxylation sites is 2. The smallest absolute Gasteiger partial charge is 0.261 e. The topological polar surface area (TPSA) is 146 Å². The summed E-state index contributed by atoms with van der Waals surface area (Å²) in [5.74, 6) is -1.07. The monoisotopic (exact) mass is 476 g/mol. The zero-order chi connectivity index (χ0) is 24.0. The minimum absolute atomic E-state index is 0.0302. The molecule has 1 amide bonds. The molecule has 5 rings (SSSR count). The first-order chi connectivity index (χ1) is 16.2. The number of hydrogen-bond acceptors (Lipinski definition) is 6. The van der Waals surface area contributed by atoms with Gasteiger partial charge in [-0.1, -0.05) is 18.2 Å². The fraction of sp³-hybridized carbons (Fsp3) is 0. The maximum absolute atomic E-state index is 13.6. The average Bonchev–Trinajstić information content (AvgIpc) is 3.07. The van der Waals surface area contributed by atoms with Crippen LogP contribution in [0.4, 0.5) is 15.9 Å². The molecule has 2 aromatic heterocycles. The number of amides is 1. The number of sulfonamides is 1. The number of anilines is 2. The second-order valence-corrected chi connectivity index (χ2v) is 9.04. The number of primary sulfonamides is 1. The van der Waals surface area contributed by atoms with Gasteiger partial charge < -0.3 is 11.1 Å². The average molecular weight is 476 g/mol. The summed E-state index contributed by atoms with van der Waals surface area (Å²) in [4.78, 5) is 22.4. The van der Waals surface area contributed by atoms with Gasteiger partial charge in [-0.25, -0.2) is 27.9 Å². The first-order valence-corrected chi connectivity index (χ1v) is 11.5. The van der Waals surface area contributed by atoms with E-state index < -0.39 is 21.7 Å². The fourth-order valence-corrected chi connectivity index (χ4v) is 4.21. The largest absolute Gasteiger partial charge is 0.384 e. The van der Waals surface area contributed by atoms with E-state index in [0.717, 1.165) is 0 Å². The van der Waals surface area contributed by atoms with Crippen LogP contribution in [-0.2, 0) is 10.0 Å². The van der Waals surface area contributed by atoms with E-state index in [1.54, 1.807) is 30.3 Å². The van der Waals surface area contributed by atoms with Gasteiger partial charge in [0.2, 0.25) is 10.0 Å². The fourth-order valence-electron chi connectivity index (χ4n) is 3.69. The lowest BCUT2D eigenvalue weighted by Gasteiger charge is -2.09. The molecule has 0 fully saturated rings. The quantitative estimate of drug-likeness (QED) is 0.363. The van der Waals surface area contributed by atoms with Crippen molar-refractivity contribution in [1.82, 2.24) is 14.5 Å². The lowest BCUT2D eigenvalue weighted by molar-refractivity contribution is 0.102. The van der Waals surface area contributed by atoms with Crippen molar-refractivity contribution < 1.29 is 17.6 Å². The van der Waals surface area contributed by atoms with E-state index in [0.29, 0.717) is 22.4 Å². The summed E-state index contributed by atoms with van der Waals surface area (Å²) < 4.78 is 38.4. The third-order valence-electron chi connectivity index (χ3n) is 5.23. The van der Waals surface area contributed by atoms with Crippen LogP contribution in [0.3, 0.4) is 0 Å². The zero-order valence-corrected chi connectivity index (χ0v) is 18.3. The minimum atomic E-state index is -3.89. The van der Waals surface area contributed by atoms with Gasteiger partial charge in [-0.2, -0.15) is 0 Å². The lowest BCUT2D eigenvalue weighted by Crippen LogP contribution is -2.15. The zero-order valence-electron chi connectivity index (χ0n) is 17.4. The Hall–Kier alpha value is -4.35. The molecule has 0 bridgehead atoms. The van der Waals surface area contributed by atoms with Gasteiger partial charge >= 0.3 is 0 Å². The molecule has 0 radical (unpaired) electrons. The van der Waals surface area contributed by atoms with Gasteiger partial charge in [0.25, 0.3) is 5.91 Å². The Bertz CT molecular complexity index is 1700. The third-order valence-corrected chi connectivity index (χ3v) is 6.16. The minimum Gasteiger partial charge on any atom is -0.384 e. The summed E-state index contributed by atoms with van der Waals surface area (Å²) in [7, 11) is -3.89. The van der Waals surface area contributed by atoms with Crippen LogP contribution in [0.2, 0.25) is 0 Å². The van der Waals surface area contributed by atoms with Crippen LogP contribution in [0, 0.1) is 5.82 Å². The molecule has 0 spiro atoms. The molecule has 0 saturated carbocycles. The summed E-state index contributed by atoms with van der Waals surface area (Å²) in [6, 6.07) is 18.2. The van der Waals surface area contributed by atoms with Crippen molar-refractivity contribution in [2.24, 2.45) is 5.14 Å². The molecular formula is C23H17FN6O3S.